The van der Waals surface area contributed by atoms with Crippen LogP contribution in [0.4, 0.5) is 0 Å². The van der Waals surface area contributed by atoms with E-state index in [-0.39, 0.29) is 6.04 Å². The Bertz CT molecular complexity index is 555. The topological polar surface area (TPSA) is 63.4 Å². The standard InChI is InChI=1S/C14H22N2O2S/c1-11(10-15)16(2)19(17,18)14-8-7-12-5-3-4-6-13(12)9-14/h7-9,11H,3-6,10,15H2,1-2H3. The van der Waals surface area contributed by atoms with Gasteiger partial charge in [-0.1, -0.05) is 6.07 Å². The molecule has 0 amide bonds. The molecule has 1 atom stereocenters. The van der Waals surface area contributed by atoms with Crippen molar-refractivity contribution in [2.75, 3.05) is 13.6 Å². The van der Waals surface area contributed by atoms with E-state index in [9.17, 15) is 8.42 Å². The molecule has 0 aromatic heterocycles. The van der Waals surface area contributed by atoms with E-state index < -0.39 is 10.0 Å². The van der Waals surface area contributed by atoms with Crippen molar-refractivity contribution < 1.29 is 8.42 Å². The average Bonchev–Trinajstić information content (AvgIpc) is 2.45. The Morgan fingerprint density at radius 1 is 1.26 bits per heavy atom. The van der Waals surface area contributed by atoms with Crippen LogP contribution in [-0.4, -0.2) is 32.4 Å². The van der Waals surface area contributed by atoms with Gasteiger partial charge in [-0.15, -0.1) is 0 Å². The highest BCUT2D eigenvalue weighted by molar-refractivity contribution is 7.89. The lowest BCUT2D eigenvalue weighted by molar-refractivity contribution is 0.394. The van der Waals surface area contributed by atoms with Gasteiger partial charge in [0.1, 0.15) is 0 Å². The van der Waals surface area contributed by atoms with E-state index >= 15 is 0 Å². The first-order chi connectivity index (χ1) is 8.96. The summed E-state index contributed by atoms with van der Waals surface area (Å²) >= 11 is 0. The summed E-state index contributed by atoms with van der Waals surface area (Å²) in [6.07, 6.45) is 4.38. The van der Waals surface area contributed by atoms with Gasteiger partial charge in [0, 0.05) is 19.6 Å². The smallest absolute Gasteiger partial charge is 0.243 e. The van der Waals surface area contributed by atoms with Crippen LogP contribution >= 0.6 is 0 Å². The molecule has 0 aliphatic heterocycles. The van der Waals surface area contributed by atoms with Crippen LogP contribution in [0.3, 0.4) is 0 Å². The summed E-state index contributed by atoms with van der Waals surface area (Å²) in [7, 11) is -1.84. The van der Waals surface area contributed by atoms with E-state index in [1.165, 1.54) is 21.9 Å². The molecule has 1 aromatic rings. The quantitative estimate of drug-likeness (QED) is 0.911. The summed E-state index contributed by atoms with van der Waals surface area (Å²) in [6.45, 7) is 2.14. The second-order valence-corrected chi connectivity index (χ2v) is 7.24. The number of rotatable bonds is 4. The van der Waals surface area contributed by atoms with Gasteiger partial charge in [0.25, 0.3) is 0 Å². The lowest BCUT2D eigenvalue weighted by Gasteiger charge is -2.24. The molecule has 5 heteroatoms. The van der Waals surface area contributed by atoms with Crippen molar-refractivity contribution >= 4 is 10.0 Å². The van der Waals surface area contributed by atoms with Crippen molar-refractivity contribution in [3.63, 3.8) is 0 Å². The Morgan fingerprint density at radius 3 is 2.53 bits per heavy atom. The predicted octanol–water partition coefficient (Wildman–Crippen LogP) is 1.53. The number of sulfonamides is 1. The molecule has 1 aliphatic rings. The van der Waals surface area contributed by atoms with Crippen LogP contribution < -0.4 is 5.73 Å². The highest BCUT2D eigenvalue weighted by Gasteiger charge is 2.25. The van der Waals surface area contributed by atoms with E-state index in [1.54, 1.807) is 13.1 Å². The molecule has 1 unspecified atom stereocenters. The highest BCUT2D eigenvalue weighted by Crippen LogP contribution is 2.25. The van der Waals surface area contributed by atoms with Gasteiger partial charge in [-0.3, -0.25) is 0 Å². The monoisotopic (exact) mass is 282 g/mol. The Hall–Kier alpha value is -0.910. The molecule has 0 saturated heterocycles. The Kier molecular flexibility index (Phi) is 4.28. The van der Waals surface area contributed by atoms with Crippen molar-refractivity contribution in [1.82, 2.24) is 4.31 Å². The maximum atomic E-state index is 12.5. The number of hydrogen-bond donors (Lipinski definition) is 1. The van der Waals surface area contributed by atoms with Crippen LogP contribution in [0.2, 0.25) is 0 Å². The van der Waals surface area contributed by atoms with Crippen LogP contribution in [-0.2, 0) is 22.9 Å². The van der Waals surface area contributed by atoms with Gasteiger partial charge in [0.05, 0.1) is 4.90 Å². The zero-order chi connectivity index (χ0) is 14.0. The van der Waals surface area contributed by atoms with Crippen LogP contribution in [0, 0.1) is 0 Å². The van der Waals surface area contributed by atoms with E-state index in [2.05, 4.69) is 0 Å². The third kappa shape index (κ3) is 2.83. The molecule has 4 nitrogen and oxygen atoms in total. The summed E-state index contributed by atoms with van der Waals surface area (Å²) < 4.78 is 26.3. The van der Waals surface area contributed by atoms with Crippen LogP contribution in [0.5, 0.6) is 0 Å². The third-order valence-electron chi connectivity index (χ3n) is 3.96. The zero-order valence-corrected chi connectivity index (χ0v) is 12.4. The molecule has 2 N–H and O–H groups in total. The van der Waals surface area contributed by atoms with Crippen LogP contribution in [0.15, 0.2) is 23.1 Å². The first kappa shape index (κ1) is 14.5. The SMILES string of the molecule is CC(CN)N(C)S(=O)(=O)c1ccc2c(c1)CCCC2. The fourth-order valence-electron chi connectivity index (χ4n) is 2.42. The number of likely N-dealkylation sites (N-methyl/N-ethyl adjacent to an activating group) is 1. The summed E-state index contributed by atoms with van der Waals surface area (Å²) in [6, 6.07) is 5.33. The molecule has 1 aliphatic carbocycles. The number of nitrogens with two attached hydrogens (primary N) is 1. The fourth-order valence-corrected chi connectivity index (χ4v) is 3.85. The summed E-state index contributed by atoms with van der Waals surface area (Å²) in [5, 5.41) is 0. The van der Waals surface area contributed by atoms with Gasteiger partial charge >= 0.3 is 0 Å². The zero-order valence-electron chi connectivity index (χ0n) is 11.6. The number of aryl methyl sites for hydroxylation is 2. The minimum atomic E-state index is -3.43. The van der Waals surface area contributed by atoms with Crippen molar-refractivity contribution in [3.8, 4) is 0 Å². The lowest BCUT2D eigenvalue weighted by Crippen LogP contribution is -2.39. The molecule has 0 spiro atoms. The second-order valence-electron chi connectivity index (χ2n) is 5.24. The summed E-state index contributed by atoms with van der Waals surface area (Å²) in [5.74, 6) is 0. The van der Waals surface area contributed by atoms with E-state index in [4.69, 9.17) is 5.73 Å². The minimum Gasteiger partial charge on any atom is -0.329 e. The van der Waals surface area contributed by atoms with Gasteiger partial charge in [-0.25, -0.2) is 8.42 Å². The van der Waals surface area contributed by atoms with Crippen molar-refractivity contribution in [1.29, 1.82) is 0 Å². The molecular weight excluding hydrogens is 260 g/mol. The van der Waals surface area contributed by atoms with Gasteiger partial charge < -0.3 is 5.73 Å². The molecule has 106 valence electrons. The lowest BCUT2D eigenvalue weighted by atomic mass is 9.92. The van der Waals surface area contributed by atoms with E-state index in [1.807, 2.05) is 19.1 Å². The van der Waals surface area contributed by atoms with Gasteiger partial charge in [0.15, 0.2) is 0 Å². The molecular formula is C14H22N2O2S. The van der Waals surface area contributed by atoms with E-state index in [0.29, 0.717) is 11.4 Å². The fraction of sp³-hybridized carbons (Fsp3) is 0.571. The molecule has 0 fully saturated rings. The Morgan fingerprint density at radius 2 is 1.89 bits per heavy atom. The number of nitrogens with zero attached hydrogens (tertiary/aromatic N) is 1. The van der Waals surface area contributed by atoms with Crippen molar-refractivity contribution in [2.45, 2.75) is 43.5 Å². The molecule has 0 radical (unpaired) electrons. The molecule has 0 saturated carbocycles. The Labute approximate surface area is 115 Å². The molecule has 0 bridgehead atoms. The van der Waals surface area contributed by atoms with Crippen molar-refractivity contribution in [3.05, 3.63) is 29.3 Å². The number of benzene rings is 1. The van der Waals surface area contributed by atoms with Gasteiger partial charge in [-0.2, -0.15) is 4.31 Å². The average molecular weight is 282 g/mol. The van der Waals surface area contributed by atoms with E-state index in [0.717, 1.165) is 19.3 Å². The first-order valence-corrected chi connectivity index (χ1v) is 8.20. The van der Waals surface area contributed by atoms with Gasteiger partial charge in [-0.05, 0) is 55.9 Å². The van der Waals surface area contributed by atoms with Crippen LogP contribution in [0.1, 0.15) is 30.9 Å². The third-order valence-corrected chi connectivity index (χ3v) is 5.93. The number of fused-ring (bicyclic) bond motifs is 1. The van der Waals surface area contributed by atoms with Crippen molar-refractivity contribution in [2.24, 2.45) is 5.73 Å². The molecule has 2 rings (SSSR count). The maximum Gasteiger partial charge on any atom is 0.243 e. The molecule has 0 heterocycles. The van der Waals surface area contributed by atoms with Gasteiger partial charge in [0.2, 0.25) is 10.0 Å². The minimum absolute atomic E-state index is 0.193. The highest BCUT2D eigenvalue weighted by atomic mass is 32.2. The molecule has 1 aromatic carbocycles. The number of hydrogen-bond acceptors (Lipinski definition) is 3. The summed E-state index contributed by atoms with van der Waals surface area (Å²) in [5.41, 5.74) is 8.03. The maximum absolute atomic E-state index is 12.5. The summed E-state index contributed by atoms with van der Waals surface area (Å²) in [4.78, 5) is 0.385. The first-order valence-electron chi connectivity index (χ1n) is 6.76. The second kappa shape index (κ2) is 5.61. The van der Waals surface area contributed by atoms with Crippen LogP contribution in [0.25, 0.3) is 0 Å². The predicted molar refractivity (Wildman–Crippen MR) is 76.5 cm³/mol. The Balaban J connectivity index is 2.36. The molecule has 19 heavy (non-hydrogen) atoms. The normalized spacial score (nSPS) is 17.3. The largest absolute Gasteiger partial charge is 0.329 e.